The Morgan fingerprint density at radius 2 is 1.97 bits per heavy atom. The van der Waals surface area contributed by atoms with E-state index in [0.717, 1.165) is 10.3 Å². The van der Waals surface area contributed by atoms with Gasteiger partial charge in [-0.05, 0) is 42.8 Å². The van der Waals surface area contributed by atoms with Gasteiger partial charge in [0.1, 0.15) is 6.04 Å². The van der Waals surface area contributed by atoms with Crippen molar-refractivity contribution in [1.29, 1.82) is 0 Å². The van der Waals surface area contributed by atoms with Crippen LogP contribution in [0.5, 0.6) is 11.5 Å². The van der Waals surface area contributed by atoms with Crippen molar-refractivity contribution >= 4 is 38.4 Å². The number of aliphatic hydroxyl groups excluding tert-OH is 1. The number of rotatable bonds is 6. The summed E-state index contributed by atoms with van der Waals surface area (Å²) >= 11 is 1.30. The summed E-state index contributed by atoms with van der Waals surface area (Å²) in [4.78, 5) is 32.8. The van der Waals surface area contributed by atoms with Gasteiger partial charge in [0, 0.05) is 5.56 Å². The number of fused-ring (bicyclic) bond motifs is 1. The summed E-state index contributed by atoms with van der Waals surface area (Å²) in [6.07, 6.45) is 1.36. The van der Waals surface area contributed by atoms with E-state index in [1.807, 2.05) is 25.1 Å². The van der Waals surface area contributed by atoms with Crippen LogP contribution >= 0.6 is 11.3 Å². The molecule has 172 valence electrons. The van der Waals surface area contributed by atoms with Gasteiger partial charge in [0.2, 0.25) is 5.78 Å². The number of aromatic nitrogens is 1. The number of aryl methyl sites for hydroxylation is 1. The fourth-order valence-corrected chi connectivity index (χ4v) is 5.21. The van der Waals surface area contributed by atoms with E-state index in [2.05, 4.69) is 4.98 Å². The lowest BCUT2D eigenvalue weighted by Gasteiger charge is -2.26. The highest BCUT2D eigenvalue weighted by molar-refractivity contribution is 7.22. The molecule has 0 saturated heterocycles. The number of thiazole rings is 1. The van der Waals surface area contributed by atoms with Crippen LogP contribution in [0, 0.1) is 6.92 Å². The lowest BCUT2D eigenvalue weighted by molar-refractivity contribution is -0.117. The summed E-state index contributed by atoms with van der Waals surface area (Å²) in [5.41, 5.74) is 2.10. The Balaban J connectivity index is 1.74. The Morgan fingerprint density at radius 1 is 1.15 bits per heavy atom. The molecule has 0 spiro atoms. The number of nitrogens with zero attached hydrogens (tertiary/aromatic N) is 2. The molecule has 3 heterocycles. The van der Waals surface area contributed by atoms with Gasteiger partial charge in [-0.3, -0.25) is 14.5 Å². The van der Waals surface area contributed by atoms with E-state index in [-0.39, 0.29) is 11.3 Å². The zero-order valence-corrected chi connectivity index (χ0v) is 19.4. The summed E-state index contributed by atoms with van der Waals surface area (Å²) in [6.45, 7) is 1.97. The smallest absolute Gasteiger partial charge is 0.296 e. The van der Waals surface area contributed by atoms with E-state index in [4.69, 9.17) is 13.9 Å². The first-order chi connectivity index (χ1) is 16.4. The fraction of sp³-hybridized carbons (Fsp3) is 0.160. The Kier molecular flexibility index (Phi) is 5.33. The highest BCUT2D eigenvalue weighted by atomic mass is 32.1. The Labute approximate surface area is 198 Å². The monoisotopic (exact) mass is 476 g/mol. The number of ether oxygens (including phenoxy) is 2. The third-order valence-corrected chi connectivity index (χ3v) is 6.68. The molecular weight excluding hydrogens is 456 g/mol. The number of methoxy groups -OCH3 is 2. The summed E-state index contributed by atoms with van der Waals surface area (Å²) in [7, 11) is 2.97. The second-order valence-corrected chi connectivity index (χ2v) is 8.71. The molecule has 4 aromatic rings. The fourth-order valence-electron chi connectivity index (χ4n) is 4.12. The molecule has 0 radical (unpaired) electrons. The number of carbonyl (C=O) groups excluding carboxylic acids is 2. The second kappa shape index (κ2) is 8.35. The van der Waals surface area contributed by atoms with Gasteiger partial charge in [-0.2, -0.15) is 0 Å². The molecule has 8 nitrogen and oxygen atoms in total. The summed E-state index contributed by atoms with van der Waals surface area (Å²) in [5.74, 6) is -1.24. The molecule has 5 rings (SSSR count). The lowest BCUT2D eigenvalue weighted by Crippen LogP contribution is -2.31. The molecule has 0 aliphatic carbocycles. The standard InChI is InChI=1S/C25H20N2O6S/c1-13-9-10-15-18(12-13)34-25(26-15)27-20(14-6-4-7-17(31-2)23(14)32-3)19(22(29)24(27)30)21(28)16-8-5-11-33-16/h4-12,20,29H,1-3H3/t20-/m1/s1. The second-order valence-electron chi connectivity index (χ2n) is 7.70. The van der Waals surface area contributed by atoms with E-state index < -0.39 is 23.5 Å². The molecule has 1 amide bonds. The Hall–Kier alpha value is -4.11. The molecule has 0 fully saturated rings. The SMILES string of the molecule is COc1cccc([C@@H]2C(C(=O)c3ccco3)=C(O)C(=O)N2c2nc3ccc(C)cc3s2)c1OC. The number of hydrogen-bond donors (Lipinski definition) is 1. The largest absolute Gasteiger partial charge is 0.503 e. The van der Waals surface area contributed by atoms with Crippen LogP contribution in [0.3, 0.4) is 0 Å². The number of amides is 1. The minimum Gasteiger partial charge on any atom is -0.503 e. The van der Waals surface area contributed by atoms with Crippen LogP contribution in [-0.2, 0) is 4.79 Å². The maximum Gasteiger partial charge on any atom is 0.296 e. The van der Waals surface area contributed by atoms with Crippen LogP contribution in [0.15, 0.2) is 70.5 Å². The van der Waals surface area contributed by atoms with Crippen LogP contribution in [0.1, 0.15) is 27.7 Å². The maximum absolute atomic E-state index is 13.4. The third-order valence-electron chi connectivity index (χ3n) is 5.66. The molecule has 2 aromatic heterocycles. The highest BCUT2D eigenvalue weighted by Crippen LogP contribution is 2.48. The maximum atomic E-state index is 13.4. The van der Waals surface area contributed by atoms with Gasteiger partial charge in [-0.15, -0.1) is 0 Å². The van der Waals surface area contributed by atoms with Crippen molar-refractivity contribution < 1.29 is 28.6 Å². The summed E-state index contributed by atoms with van der Waals surface area (Å²) < 4.78 is 17.2. The number of aliphatic hydroxyl groups is 1. The zero-order chi connectivity index (χ0) is 24.0. The van der Waals surface area contributed by atoms with Crippen molar-refractivity contribution in [2.75, 3.05) is 19.1 Å². The summed E-state index contributed by atoms with van der Waals surface area (Å²) in [6, 6.07) is 13.0. The number of benzene rings is 2. The molecule has 1 N–H and O–H groups in total. The molecule has 0 saturated carbocycles. The molecule has 1 atom stereocenters. The van der Waals surface area contributed by atoms with Gasteiger partial charge in [-0.1, -0.05) is 29.5 Å². The quantitative estimate of drug-likeness (QED) is 0.391. The topological polar surface area (TPSA) is 102 Å². The predicted molar refractivity (Wildman–Crippen MR) is 127 cm³/mol. The van der Waals surface area contributed by atoms with Gasteiger partial charge in [0.05, 0.1) is 36.3 Å². The number of para-hydroxylation sites is 1. The van der Waals surface area contributed by atoms with Gasteiger partial charge >= 0.3 is 0 Å². The van der Waals surface area contributed by atoms with Crippen molar-refractivity contribution in [2.45, 2.75) is 13.0 Å². The molecule has 9 heteroatoms. The normalized spacial score (nSPS) is 15.9. The third kappa shape index (κ3) is 3.32. The minimum absolute atomic E-state index is 0.00277. The van der Waals surface area contributed by atoms with Gasteiger partial charge in [0.15, 0.2) is 28.1 Å². The Bertz CT molecular complexity index is 1450. The average Bonchev–Trinajstić information content (AvgIpc) is 3.57. The van der Waals surface area contributed by atoms with Crippen molar-refractivity contribution in [1.82, 2.24) is 4.98 Å². The highest BCUT2D eigenvalue weighted by Gasteiger charge is 2.47. The lowest BCUT2D eigenvalue weighted by atomic mass is 9.94. The number of furan rings is 1. The first-order valence-corrected chi connectivity index (χ1v) is 11.2. The van der Waals surface area contributed by atoms with Gasteiger partial charge < -0.3 is 19.0 Å². The molecule has 0 bridgehead atoms. The Morgan fingerprint density at radius 3 is 2.68 bits per heavy atom. The zero-order valence-electron chi connectivity index (χ0n) is 18.6. The average molecular weight is 477 g/mol. The van der Waals surface area contributed by atoms with Crippen molar-refractivity contribution in [3.8, 4) is 11.5 Å². The molecule has 34 heavy (non-hydrogen) atoms. The van der Waals surface area contributed by atoms with Crippen LogP contribution in [0.2, 0.25) is 0 Å². The number of carbonyl (C=O) groups is 2. The van der Waals surface area contributed by atoms with Crippen molar-refractivity contribution in [2.24, 2.45) is 0 Å². The first kappa shape index (κ1) is 21.7. The van der Waals surface area contributed by atoms with Crippen LogP contribution in [-0.4, -0.2) is 36.0 Å². The summed E-state index contributed by atoms with van der Waals surface area (Å²) in [5, 5.41) is 11.3. The predicted octanol–water partition coefficient (Wildman–Crippen LogP) is 5.00. The number of hydrogen-bond acceptors (Lipinski definition) is 8. The number of ketones is 1. The van der Waals surface area contributed by atoms with Gasteiger partial charge in [-0.25, -0.2) is 4.98 Å². The minimum atomic E-state index is -1.02. The molecule has 1 aliphatic heterocycles. The number of anilines is 1. The molecule has 0 unspecified atom stereocenters. The molecule has 2 aromatic carbocycles. The van der Waals surface area contributed by atoms with E-state index in [9.17, 15) is 14.7 Å². The van der Waals surface area contributed by atoms with Gasteiger partial charge in [0.25, 0.3) is 5.91 Å². The van der Waals surface area contributed by atoms with Crippen molar-refractivity contribution in [3.63, 3.8) is 0 Å². The molecular formula is C25H20N2O6S. The van der Waals surface area contributed by atoms with E-state index in [0.29, 0.717) is 27.7 Å². The van der Waals surface area contributed by atoms with Crippen LogP contribution in [0.4, 0.5) is 5.13 Å². The van der Waals surface area contributed by atoms with Crippen LogP contribution in [0.25, 0.3) is 10.2 Å². The van der Waals surface area contributed by atoms with E-state index in [1.54, 1.807) is 24.3 Å². The first-order valence-electron chi connectivity index (χ1n) is 10.4. The van der Waals surface area contributed by atoms with E-state index >= 15 is 0 Å². The van der Waals surface area contributed by atoms with Crippen LogP contribution < -0.4 is 14.4 Å². The van der Waals surface area contributed by atoms with E-state index in [1.165, 1.54) is 42.8 Å². The number of Topliss-reactive ketones (excluding diaryl/α,β-unsaturated/α-hetero) is 1. The van der Waals surface area contributed by atoms with Crippen molar-refractivity contribution in [3.05, 3.63) is 83.0 Å². The molecule has 1 aliphatic rings.